The van der Waals surface area contributed by atoms with Crippen molar-refractivity contribution in [3.63, 3.8) is 0 Å². The Bertz CT molecular complexity index is 1100. The highest BCUT2D eigenvalue weighted by molar-refractivity contribution is 5.81. The smallest absolute Gasteiger partial charge is 0.239 e. The largest absolute Gasteiger partial charge is 0.494 e. The predicted molar refractivity (Wildman–Crippen MR) is 156 cm³/mol. The van der Waals surface area contributed by atoms with Gasteiger partial charge in [0.05, 0.1) is 19.2 Å². The molecule has 0 spiro atoms. The van der Waals surface area contributed by atoms with Crippen LogP contribution in [0.5, 0.6) is 5.75 Å². The Labute approximate surface area is 238 Å². The number of unbranched alkanes of at least 4 members (excludes halogenated alkanes) is 1. The van der Waals surface area contributed by atoms with Crippen molar-refractivity contribution in [2.45, 2.75) is 63.8 Å². The zero-order valence-corrected chi connectivity index (χ0v) is 24.3. The first-order chi connectivity index (χ1) is 19.4. The normalized spacial score (nSPS) is 23.6. The SMILES string of the molecule is CNC(=O)C(CCC=O)N1Cc2cc(OCCCCNCC3=CC(C4C=CC=CC4)N(C)N3C)ccc2C(C)O1. The maximum absolute atomic E-state index is 12.4. The zero-order valence-electron chi connectivity index (χ0n) is 24.3. The average Bonchev–Trinajstić information content (AvgIpc) is 3.25. The highest BCUT2D eigenvalue weighted by Crippen LogP contribution is 2.33. The minimum Gasteiger partial charge on any atom is -0.494 e. The van der Waals surface area contributed by atoms with E-state index >= 15 is 0 Å². The number of nitrogens with one attached hydrogen (secondary N) is 2. The van der Waals surface area contributed by atoms with Gasteiger partial charge in [0.25, 0.3) is 0 Å². The number of hydroxylamine groups is 2. The quantitative estimate of drug-likeness (QED) is 0.268. The van der Waals surface area contributed by atoms with Crippen LogP contribution in [0.15, 0.2) is 54.3 Å². The summed E-state index contributed by atoms with van der Waals surface area (Å²) >= 11 is 0. The molecule has 1 aromatic rings. The van der Waals surface area contributed by atoms with Crippen molar-refractivity contribution in [3.05, 3.63) is 65.4 Å². The fourth-order valence-electron chi connectivity index (χ4n) is 5.65. The van der Waals surface area contributed by atoms with Crippen molar-refractivity contribution in [2.24, 2.45) is 5.92 Å². The molecule has 3 aliphatic rings. The first-order valence-electron chi connectivity index (χ1n) is 14.5. The number of benzene rings is 1. The molecule has 2 N–H and O–H groups in total. The molecule has 0 saturated heterocycles. The number of hydrogen-bond donors (Lipinski definition) is 2. The summed E-state index contributed by atoms with van der Waals surface area (Å²) in [5.74, 6) is 1.19. The number of allylic oxidation sites excluding steroid dienone is 3. The summed E-state index contributed by atoms with van der Waals surface area (Å²) in [5.41, 5.74) is 3.49. The second-order valence-corrected chi connectivity index (χ2v) is 10.7. The van der Waals surface area contributed by atoms with E-state index in [-0.39, 0.29) is 12.0 Å². The van der Waals surface area contributed by atoms with E-state index in [4.69, 9.17) is 9.57 Å². The van der Waals surface area contributed by atoms with Crippen molar-refractivity contribution >= 4 is 12.2 Å². The molecular formula is C31H45N5O4. The van der Waals surface area contributed by atoms with Crippen LogP contribution in [0.2, 0.25) is 0 Å². The summed E-state index contributed by atoms with van der Waals surface area (Å²) in [4.78, 5) is 29.4. The number of likely N-dealkylation sites (N-methyl/N-ethyl adjacent to an activating group) is 3. The van der Waals surface area contributed by atoms with E-state index in [1.54, 1.807) is 12.1 Å². The van der Waals surface area contributed by atoms with Gasteiger partial charge >= 0.3 is 0 Å². The van der Waals surface area contributed by atoms with E-state index < -0.39 is 6.04 Å². The van der Waals surface area contributed by atoms with Crippen LogP contribution in [0.3, 0.4) is 0 Å². The van der Waals surface area contributed by atoms with Gasteiger partial charge in [-0.2, -0.15) is 5.06 Å². The molecule has 0 radical (unpaired) electrons. The van der Waals surface area contributed by atoms with E-state index in [0.717, 1.165) is 55.5 Å². The summed E-state index contributed by atoms with van der Waals surface area (Å²) in [6, 6.07) is 5.97. The van der Waals surface area contributed by atoms with Crippen LogP contribution in [0.25, 0.3) is 0 Å². The fourth-order valence-corrected chi connectivity index (χ4v) is 5.65. The lowest BCUT2D eigenvalue weighted by molar-refractivity contribution is -0.235. The second kappa shape index (κ2) is 14.6. The van der Waals surface area contributed by atoms with Gasteiger partial charge in [-0.3, -0.25) is 9.63 Å². The molecule has 218 valence electrons. The van der Waals surface area contributed by atoms with E-state index in [2.05, 4.69) is 65.1 Å². The van der Waals surface area contributed by atoms with Crippen LogP contribution in [0.4, 0.5) is 0 Å². The van der Waals surface area contributed by atoms with Crippen molar-refractivity contribution in [1.82, 2.24) is 25.7 Å². The molecule has 2 aliphatic heterocycles. The van der Waals surface area contributed by atoms with Crippen molar-refractivity contribution in [1.29, 1.82) is 0 Å². The number of fused-ring (bicyclic) bond motifs is 1. The van der Waals surface area contributed by atoms with Gasteiger partial charge in [0, 0.05) is 45.7 Å². The number of hydrogen-bond acceptors (Lipinski definition) is 8. The molecule has 0 bridgehead atoms. The lowest BCUT2D eigenvalue weighted by Crippen LogP contribution is -2.47. The Hall–Kier alpha value is -2.98. The average molecular weight is 552 g/mol. The Morgan fingerprint density at radius 1 is 1.25 bits per heavy atom. The lowest BCUT2D eigenvalue weighted by Gasteiger charge is -2.37. The van der Waals surface area contributed by atoms with E-state index in [0.29, 0.717) is 38.0 Å². The second-order valence-electron chi connectivity index (χ2n) is 10.7. The van der Waals surface area contributed by atoms with Crippen LogP contribution in [0, 0.1) is 5.92 Å². The molecule has 1 aromatic carbocycles. The van der Waals surface area contributed by atoms with Crippen LogP contribution in [0.1, 0.15) is 56.3 Å². The maximum atomic E-state index is 12.4. The van der Waals surface area contributed by atoms with E-state index in [9.17, 15) is 9.59 Å². The Balaban J connectivity index is 1.20. The Morgan fingerprint density at radius 3 is 2.85 bits per heavy atom. The van der Waals surface area contributed by atoms with Crippen molar-refractivity contribution in [2.75, 3.05) is 40.8 Å². The molecule has 40 heavy (non-hydrogen) atoms. The summed E-state index contributed by atoms with van der Waals surface area (Å²) in [6.45, 7) is 4.87. The highest BCUT2D eigenvalue weighted by Gasteiger charge is 2.33. The molecule has 0 fully saturated rings. The third-order valence-corrected chi connectivity index (χ3v) is 8.09. The molecule has 2 heterocycles. The molecule has 9 nitrogen and oxygen atoms in total. The number of hydrazine groups is 1. The molecule has 1 amide bonds. The number of carbonyl (C=O) groups excluding carboxylic acids is 2. The first kappa shape index (κ1) is 30.0. The van der Waals surface area contributed by atoms with E-state index in [1.165, 1.54) is 5.70 Å². The van der Waals surface area contributed by atoms with Crippen LogP contribution < -0.4 is 15.4 Å². The van der Waals surface area contributed by atoms with Crippen LogP contribution in [-0.2, 0) is 21.0 Å². The molecule has 4 atom stereocenters. The third-order valence-electron chi connectivity index (χ3n) is 8.09. The Morgan fingerprint density at radius 2 is 2.10 bits per heavy atom. The predicted octanol–water partition coefficient (Wildman–Crippen LogP) is 3.51. The number of ether oxygens (including phenoxy) is 1. The summed E-state index contributed by atoms with van der Waals surface area (Å²) in [6.07, 6.45) is 15.7. The first-order valence-corrected chi connectivity index (χ1v) is 14.5. The minimum atomic E-state index is -0.518. The van der Waals surface area contributed by atoms with Gasteiger partial charge in [0.15, 0.2) is 0 Å². The number of carbonyl (C=O) groups is 2. The van der Waals surface area contributed by atoms with Crippen molar-refractivity contribution in [3.8, 4) is 5.75 Å². The molecule has 9 heteroatoms. The standard InChI is InChI=1S/C31H45N5O4/c1-23-28-15-14-27(19-25(28)22-36(40-23)29(13-10-17-37)31(38)32-2)39-18-9-8-16-33-21-26-20-30(35(4)34(26)3)24-11-6-5-7-12-24/h5-7,11,14-15,17,19-20,23-24,29-30,33H,8-10,12-13,16,18,21-22H2,1-4H3,(H,32,38). The van der Waals surface area contributed by atoms with Gasteiger partial charge in [0.2, 0.25) is 5.91 Å². The van der Waals surface area contributed by atoms with Gasteiger partial charge in [0.1, 0.15) is 24.2 Å². The van der Waals surface area contributed by atoms with Crippen LogP contribution in [-0.4, -0.2) is 80.2 Å². The molecule has 1 aliphatic carbocycles. The maximum Gasteiger partial charge on any atom is 0.239 e. The topological polar surface area (TPSA) is 86.4 Å². The van der Waals surface area contributed by atoms with E-state index in [1.807, 2.05) is 25.1 Å². The third kappa shape index (κ3) is 7.40. The number of amides is 1. The van der Waals surface area contributed by atoms with Gasteiger partial charge in [-0.05, 0) is 68.5 Å². The summed E-state index contributed by atoms with van der Waals surface area (Å²) in [7, 11) is 5.90. The fraction of sp³-hybridized carbons (Fsp3) is 0.548. The molecule has 4 rings (SSSR count). The molecule has 4 unspecified atom stereocenters. The highest BCUT2D eigenvalue weighted by atomic mass is 16.7. The minimum absolute atomic E-state index is 0.153. The number of aldehydes is 1. The number of nitrogens with zero attached hydrogens (tertiary/aromatic N) is 3. The monoisotopic (exact) mass is 551 g/mol. The number of rotatable bonds is 14. The zero-order chi connectivity index (χ0) is 28.5. The van der Waals surface area contributed by atoms with Crippen molar-refractivity contribution < 1.29 is 19.2 Å². The Kier molecular flexibility index (Phi) is 10.9. The van der Waals surface area contributed by atoms with Gasteiger partial charge in [-0.15, -0.1) is 0 Å². The summed E-state index contributed by atoms with van der Waals surface area (Å²) in [5, 5.41) is 12.6. The molecular weight excluding hydrogens is 506 g/mol. The molecule has 0 saturated carbocycles. The van der Waals surface area contributed by atoms with Gasteiger partial charge < -0.3 is 25.2 Å². The summed E-state index contributed by atoms with van der Waals surface area (Å²) < 4.78 is 6.08. The lowest BCUT2D eigenvalue weighted by atomic mass is 9.92. The van der Waals surface area contributed by atoms with Gasteiger partial charge in [-0.1, -0.05) is 30.4 Å². The molecule has 0 aromatic heterocycles. The van der Waals surface area contributed by atoms with Crippen LogP contribution >= 0.6 is 0 Å². The van der Waals surface area contributed by atoms with Gasteiger partial charge in [-0.25, -0.2) is 5.01 Å².